The molecule has 0 spiro atoms. The minimum atomic E-state index is -1.20. The second kappa shape index (κ2) is 15.4. The van der Waals surface area contributed by atoms with Gasteiger partial charge in [-0.15, -0.1) is 30.4 Å². The Balaban J connectivity index is 1.48. The average Bonchev–Trinajstić information content (AvgIpc) is 3.65. The fourth-order valence-corrected chi connectivity index (χ4v) is 4.79. The topological polar surface area (TPSA) is 203 Å². The van der Waals surface area contributed by atoms with Crippen molar-refractivity contribution in [3.63, 3.8) is 0 Å². The van der Waals surface area contributed by atoms with E-state index in [0.29, 0.717) is 24.6 Å². The summed E-state index contributed by atoms with van der Waals surface area (Å²) < 4.78 is 7.14. The zero-order chi connectivity index (χ0) is 31.5. The van der Waals surface area contributed by atoms with E-state index >= 15 is 0 Å². The molecular formula is C27H29ClN8O8. The number of aromatic nitrogens is 6. The number of aryl methyl sites for hydroxylation is 1. The Kier molecular flexibility index (Phi) is 11.1. The van der Waals surface area contributed by atoms with Crippen molar-refractivity contribution in [2.45, 2.75) is 51.7 Å². The van der Waals surface area contributed by atoms with Gasteiger partial charge in [0.15, 0.2) is 10.8 Å². The first kappa shape index (κ1) is 31.8. The van der Waals surface area contributed by atoms with E-state index in [0.717, 1.165) is 35.1 Å². The van der Waals surface area contributed by atoms with Crippen LogP contribution in [-0.4, -0.2) is 65.6 Å². The second-order valence-electron chi connectivity index (χ2n) is 9.58. The van der Waals surface area contributed by atoms with Gasteiger partial charge in [0, 0.05) is 18.5 Å². The van der Waals surface area contributed by atoms with Crippen LogP contribution in [0.2, 0.25) is 5.15 Å². The van der Waals surface area contributed by atoms with E-state index in [1.165, 1.54) is 0 Å². The highest BCUT2D eigenvalue weighted by Gasteiger charge is 2.24. The Labute approximate surface area is 255 Å². The molecule has 232 valence electrons. The lowest BCUT2D eigenvalue weighted by Crippen LogP contribution is -2.25. The molecule has 2 aromatic heterocycles. The van der Waals surface area contributed by atoms with Crippen LogP contribution in [0.5, 0.6) is 0 Å². The van der Waals surface area contributed by atoms with Gasteiger partial charge < -0.3 is 19.0 Å². The molecule has 0 aliphatic heterocycles. The van der Waals surface area contributed by atoms with Crippen molar-refractivity contribution >= 4 is 17.6 Å². The van der Waals surface area contributed by atoms with Crippen LogP contribution in [0.25, 0.3) is 22.5 Å². The van der Waals surface area contributed by atoms with Crippen LogP contribution in [0.15, 0.2) is 48.5 Å². The molecular weight excluding hydrogens is 600 g/mol. The van der Waals surface area contributed by atoms with E-state index in [1.807, 2.05) is 55.5 Å². The Hall–Kier alpha value is -5.12. The number of carbonyl (C=O) groups is 1. The van der Waals surface area contributed by atoms with Gasteiger partial charge in [-0.3, -0.25) is 0 Å². The number of hydrogen-bond donors (Lipinski definition) is 1. The van der Waals surface area contributed by atoms with Crippen molar-refractivity contribution in [3.8, 4) is 22.5 Å². The SMILES string of the molecule is CCCCc1nc(Cl)c(C(=O)OCCC[C@H](CO[N+](=O)[O-])O[N+](=O)[O-])n1Cc1ccc(-c2ccccc2-c2nn[nH]n2)cc1. The highest BCUT2D eigenvalue weighted by atomic mass is 35.5. The molecule has 0 bridgehead atoms. The summed E-state index contributed by atoms with van der Waals surface area (Å²) in [5.74, 6) is 0.392. The summed E-state index contributed by atoms with van der Waals surface area (Å²) in [6.45, 7) is 1.56. The number of halogens is 1. The smallest absolute Gasteiger partial charge is 0.358 e. The van der Waals surface area contributed by atoms with Gasteiger partial charge in [0.25, 0.3) is 10.2 Å². The number of imidazole rings is 1. The third kappa shape index (κ3) is 8.47. The van der Waals surface area contributed by atoms with Crippen molar-refractivity contribution in [2.75, 3.05) is 13.2 Å². The largest absolute Gasteiger partial charge is 0.461 e. The van der Waals surface area contributed by atoms with Gasteiger partial charge in [-0.05, 0) is 41.2 Å². The number of hydrogen-bond acceptors (Lipinski definition) is 12. The van der Waals surface area contributed by atoms with Crippen molar-refractivity contribution < 1.29 is 29.4 Å². The number of ether oxygens (including phenoxy) is 1. The number of tetrazole rings is 1. The number of carbonyl (C=O) groups excluding carboxylic acids is 1. The van der Waals surface area contributed by atoms with Crippen LogP contribution in [0.3, 0.4) is 0 Å². The third-order valence-electron chi connectivity index (χ3n) is 6.57. The van der Waals surface area contributed by atoms with Crippen molar-refractivity contribution in [1.29, 1.82) is 0 Å². The highest BCUT2D eigenvalue weighted by Crippen LogP contribution is 2.30. The van der Waals surface area contributed by atoms with Gasteiger partial charge in [0.1, 0.15) is 18.5 Å². The standard InChI is InChI=1S/C27H29ClN8O8/c1-2-3-10-23-29-25(28)24(27(37)42-15-6-7-20(44-36(40)41)17-43-35(38)39)34(23)16-18-11-13-19(14-12-18)21-8-4-5-9-22(21)26-30-32-33-31-26/h4-5,8-9,11-14,20H,2-3,6-7,10,15-17H2,1H3,(H,30,31,32,33)/t20-/m1/s1. The first-order valence-corrected chi connectivity index (χ1v) is 14.1. The van der Waals surface area contributed by atoms with Crippen LogP contribution < -0.4 is 0 Å². The van der Waals surface area contributed by atoms with Crippen molar-refractivity contribution in [2.24, 2.45) is 0 Å². The summed E-state index contributed by atoms with van der Waals surface area (Å²) in [7, 11) is 0. The van der Waals surface area contributed by atoms with E-state index in [9.17, 15) is 25.0 Å². The van der Waals surface area contributed by atoms with Crippen molar-refractivity contribution in [1.82, 2.24) is 30.2 Å². The van der Waals surface area contributed by atoms with Gasteiger partial charge in [0.05, 0.1) is 6.61 Å². The Morgan fingerprint density at radius 3 is 2.48 bits per heavy atom. The summed E-state index contributed by atoms with van der Waals surface area (Å²) >= 11 is 6.43. The van der Waals surface area contributed by atoms with Gasteiger partial charge in [-0.25, -0.2) is 9.78 Å². The first-order valence-electron chi connectivity index (χ1n) is 13.7. The zero-order valence-electron chi connectivity index (χ0n) is 23.6. The number of aromatic amines is 1. The molecule has 16 nitrogen and oxygen atoms in total. The fraction of sp³-hybridized carbons (Fsp3) is 0.370. The van der Waals surface area contributed by atoms with Crippen LogP contribution in [0, 0.1) is 20.2 Å². The second-order valence-corrected chi connectivity index (χ2v) is 9.94. The molecule has 0 radical (unpaired) electrons. The lowest BCUT2D eigenvalue weighted by atomic mass is 9.98. The molecule has 44 heavy (non-hydrogen) atoms. The van der Waals surface area contributed by atoms with Gasteiger partial charge >= 0.3 is 5.97 Å². The monoisotopic (exact) mass is 628 g/mol. The maximum absolute atomic E-state index is 13.1. The van der Waals surface area contributed by atoms with Crippen LogP contribution in [-0.2, 0) is 27.4 Å². The van der Waals surface area contributed by atoms with Gasteiger partial charge in [-0.1, -0.05) is 73.5 Å². The predicted octanol–water partition coefficient (Wildman–Crippen LogP) is 4.50. The molecule has 1 N–H and O–H groups in total. The molecule has 2 aromatic carbocycles. The third-order valence-corrected chi connectivity index (χ3v) is 6.84. The minimum absolute atomic E-state index is 0.000655. The Bertz CT molecular complexity index is 1560. The molecule has 0 unspecified atom stereocenters. The number of nitrogens with zero attached hydrogens (tertiary/aromatic N) is 7. The lowest BCUT2D eigenvalue weighted by molar-refractivity contribution is -0.790. The number of nitrogens with one attached hydrogen (secondary N) is 1. The lowest BCUT2D eigenvalue weighted by Gasteiger charge is -2.14. The molecule has 0 saturated heterocycles. The number of unbranched alkanes of at least 4 members (excludes halogenated alkanes) is 1. The molecule has 4 rings (SSSR count). The highest BCUT2D eigenvalue weighted by molar-refractivity contribution is 6.32. The maximum Gasteiger partial charge on any atom is 0.358 e. The van der Waals surface area contributed by atoms with E-state index in [-0.39, 0.29) is 30.3 Å². The Morgan fingerprint density at radius 2 is 1.82 bits per heavy atom. The zero-order valence-corrected chi connectivity index (χ0v) is 24.4. The van der Waals surface area contributed by atoms with Gasteiger partial charge in [-0.2, -0.15) is 5.21 Å². The van der Waals surface area contributed by atoms with E-state index in [2.05, 4.69) is 35.3 Å². The number of benzene rings is 2. The van der Waals surface area contributed by atoms with E-state index in [4.69, 9.17) is 16.3 Å². The first-order chi connectivity index (χ1) is 21.3. The summed E-state index contributed by atoms with van der Waals surface area (Å²) in [6.07, 6.45) is 1.22. The average molecular weight is 629 g/mol. The normalized spacial score (nSPS) is 11.6. The molecule has 17 heteroatoms. The van der Waals surface area contributed by atoms with Gasteiger partial charge in [0.2, 0.25) is 5.82 Å². The quantitative estimate of drug-likeness (QED) is 0.0743. The van der Waals surface area contributed by atoms with E-state index < -0.39 is 28.9 Å². The van der Waals surface area contributed by atoms with Crippen LogP contribution in [0.4, 0.5) is 0 Å². The number of H-pyrrole nitrogens is 1. The molecule has 0 aliphatic rings. The Morgan fingerprint density at radius 1 is 1.07 bits per heavy atom. The molecule has 2 heterocycles. The van der Waals surface area contributed by atoms with E-state index in [1.54, 1.807) is 4.57 Å². The van der Waals surface area contributed by atoms with Crippen molar-refractivity contribution in [3.05, 3.63) is 91.0 Å². The summed E-state index contributed by atoms with van der Waals surface area (Å²) in [4.78, 5) is 47.3. The summed E-state index contributed by atoms with van der Waals surface area (Å²) in [5.41, 5.74) is 3.65. The van der Waals surface area contributed by atoms with Crippen LogP contribution >= 0.6 is 11.6 Å². The molecule has 4 aromatic rings. The number of esters is 1. The molecule has 0 aliphatic carbocycles. The predicted molar refractivity (Wildman–Crippen MR) is 154 cm³/mol. The molecule has 0 amide bonds. The van der Waals surface area contributed by atoms with Crippen LogP contribution in [0.1, 0.15) is 54.5 Å². The molecule has 1 atom stereocenters. The molecule has 0 saturated carbocycles. The minimum Gasteiger partial charge on any atom is -0.461 e. The fourth-order valence-electron chi connectivity index (χ4n) is 4.51. The summed E-state index contributed by atoms with van der Waals surface area (Å²) in [5, 5.41) is 33.3. The maximum atomic E-state index is 13.1. The number of rotatable bonds is 17. The molecule has 0 fully saturated rings. The summed E-state index contributed by atoms with van der Waals surface area (Å²) in [6, 6.07) is 15.5.